The lowest BCUT2D eigenvalue weighted by molar-refractivity contribution is 0.435. The van der Waals surface area contributed by atoms with E-state index in [0.717, 1.165) is 143 Å². The van der Waals surface area contributed by atoms with E-state index in [0.29, 0.717) is 28.3 Å². The van der Waals surface area contributed by atoms with Crippen molar-refractivity contribution in [3.8, 4) is 52.1 Å². The van der Waals surface area contributed by atoms with Crippen LogP contribution in [-0.4, -0.2) is 23.7 Å². The largest absolute Gasteiger partial charge is 0.452 e. The van der Waals surface area contributed by atoms with Gasteiger partial charge in [0, 0.05) is 59.0 Å². The van der Waals surface area contributed by atoms with Crippen molar-refractivity contribution in [2.45, 2.75) is 15.2 Å². The Morgan fingerprint density at radius 1 is 0.412 bits per heavy atom. The van der Waals surface area contributed by atoms with Crippen molar-refractivity contribution in [1.29, 1.82) is 10.5 Å². The van der Waals surface area contributed by atoms with Crippen LogP contribution in [0.15, 0.2) is 247 Å². The van der Waals surface area contributed by atoms with Crippen LogP contribution in [0.3, 0.4) is 0 Å². The number of fused-ring (bicyclic) bond motifs is 20. The highest BCUT2D eigenvalue weighted by molar-refractivity contribution is 7.99. The summed E-state index contributed by atoms with van der Waals surface area (Å²) < 4.78 is 14.8. The van der Waals surface area contributed by atoms with Gasteiger partial charge < -0.3 is 23.3 Å². The van der Waals surface area contributed by atoms with E-state index in [-0.39, 0.29) is 0 Å². The SMILES string of the molecule is [C-]#[N+]c1ccc2c(c1)c1ccccc1n2-c1cnc2c(c1)C1(c3cc(-n4c5ccccc5c5cc(C#N)ccc54)cnc3-2)c2cccc(N3c4ccccc4Sc4ccccc43)c2Oc2c(-n3c4ccccc4c4cc(C#N)ccc43)cccc21. The number of nitrogens with zero attached hydrogens (tertiary/aromatic N) is 9. The number of benzene rings is 10. The van der Waals surface area contributed by atoms with Gasteiger partial charge >= 0.3 is 0 Å². The molecule has 2 aliphatic heterocycles. The van der Waals surface area contributed by atoms with Crippen LogP contribution in [0.2, 0.25) is 0 Å². The Balaban J connectivity index is 1.01. The van der Waals surface area contributed by atoms with Crippen molar-refractivity contribution in [3.63, 3.8) is 0 Å². The first-order valence-corrected chi connectivity index (χ1v) is 28.7. The monoisotopic (exact) mass is 1100 g/mol. The lowest BCUT2D eigenvalue weighted by Gasteiger charge is -2.42. The van der Waals surface area contributed by atoms with Gasteiger partial charge in [0.05, 0.1) is 126 Å². The summed E-state index contributed by atoms with van der Waals surface area (Å²) in [5.74, 6) is 1.33. The second-order valence-corrected chi connectivity index (χ2v) is 22.9. The first-order valence-electron chi connectivity index (χ1n) is 27.9. The summed E-state index contributed by atoms with van der Waals surface area (Å²) >= 11 is 1.76. The van der Waals surface area contributed by atoms with Crippen molar-refractivity contribution in [1.82, 2.24) is 23.7 Å². The Morgan fingerprint density at radius 2 is 0.847 bits per heavy atom. The molecule has 7 heterocycles. The first-order chi connectivity index (χ1) is 42.0. The molecule has 10 nitrogen and oxygen atoms in total. The van der Waals surface area contributed by atoms with Gasteiger partial charge in [-0.15, -0.1) is 0 Å². The quantitative estimate of drug-likeness (QED) is 0.162. The zero-order valence-corrected chi connectivity index (χ0v) is 45.7. The molecule has 0 saturated carbocycles. The number of hydrogen-bond acceptors (Lipinski definition) is 7. The minimum absolute atomic E-state index is 0.570. The maximum atomic E-state index is 10.3. The number of aromatic nitrogens is 5. The highest BCUT2D eigenvalue weighted by Crippen LogP contribution is 2.66. The van der Waals surface area contributed by atoms with E-state index in [2.05, 4.69) is 205 Å². The summed E-state index contributed by atoms with van der Waals surface area (Å²) in [6.45, 7) is 8.00. The van der Waals surface area contributed by atoms with Gasteiger partial charge in [-0.1, -0.05) is 121 Å². The summed E-state index contributed by atoms with van der Waals surface area (Å²) in [7, 11) is 0. The zero-order valence-electron chi connectivity index (χ0n) is 44.9. The molecule has 3 aliphatic rings. The summed E-state index contributed by atoms with van der Waals surface area (Å²) in [6, 6.07) is 82.5. The maximum absolute atomic E-state index is 10.3. The van der Waals surface area contributed by atoms with Gasteiger partial charge in [0.15, 0.2) is 17.2 Å². The topological polar surface area (TPSA) is 105 Å². The molecule has 5 aromatic heterocycles. The lowest BCUT2D eigenvalue weighted by Crippen LogP contribution is -2.33. The van der Waals surface area contributed by atoms with E-state index in [1.165, 1.54) is 0 Å². The second-order valence-electron chi connectivity index (χ2n) is 21.8. The van der Waals surface area contributed by atoms with Crippen LogP contribution >= 0.6 is 11.8 Å². The molecule has 392 valence electrons. The van der Waals surface area contributed by atoms with E-state index in [9.17, 15) is 10.5 Å². The van der Waals surface area contributed by atoms with Crippen LogP contribution in [0.25, 0.3) is 98.7 Å². The summed E-state index contributed by atoms with van der Waals surface area (Å²) in [5, 5.41) is 26.4. The predicted molar refractivity (Wildman–Crippen MR) is 337 cm³/mol. The third-order valence-electron chi connectivity index (χ3n) is 17.6. The summed E-state index contributed by atoms with van der Waals surface area (Å²) in [5.41, 5.74) is 16.9. The normalized spacial score (nSPS) is 14.4. The fourth-order valence-electron chi connectivity index (χ4n) is 14.2. The minimum Gasteiger partial charge on any atom is -0.452 e. The van der Waals surface area contributed by atoms with E-state index in [4.69, 9.17) is 21.3 Å². The molecule has 85 heavy (non-hydrogen) atoms. The number of ether oxygens (including phenoxy) is 1. The van der Waals surface area contributed by atoms with E-state index in [1.54, 1.807) is 11.8 Å². The van der Waals surface area contributed by atoms with Crippen LogP contribution in [-0.2, 0) is 5.41 Å². The van der Waals surface area contributed by atoms with Crippen molar-refractivity contribution >= 4 is 99.9 Å². The molecule has 11 heteroatoms. The Labute approximate surface area is 490 Å². The summed E-state index contributed by atoms with van der Waals surface area (Å²) in [4.78, 5) is 19.6. The third-order valence-corrected chi connectivity index (χ3v) is 18.7. The number of hydrogen-bond donors (Lipinski definition) is 0. The third kappa shape index (κ3) is 6.30. The smallest absolute Gasteiger partial charge is 0.188 e. The first kappa shape index (κ1) is 47.0. The number of anilines is 3. The molecule has 15 aromatic rings. The molecule has 1 atom stereocenters. The number of para-hydroxylation sites is 7. The molecule has 1 unspecified atom stereocenters. The molecule has 0 saturated heterocycles. The molecule has 0 N–H and O–H groups in total. The van der Waals surface area contributed by atoms with Crippen LogP contribution in [0.1, 0.15) is 33.4 Å². The van der Waals surface area contributed by atoms with E-state index in [1.807, 2.05) is 67.0 Å². The fraction of sp³-hybridized carbons (Fsp3) is 0.0135. The van der Waals surface area contributed by atoms with Crippen molar-refractivity contribution < 1.29 is 4.74 Å². The Hall–Kier alpha value is -11.7. The molecular weight excluding hydrogens is 1060 g/mol. The van der Waals surface area contributed by atoms with Crippen LogP contribution in [0.5, 0.6) is 11.5 Å². The zero-order chi connectivity index (χ0) is 56.2. The van der Waals surface area contributed by atoms with Crippen LogP contribution in [0.4, 0.5) is 22.7 Å². The lowest BCUT2D eigenvalue weighted by atomic mass is 9.66. The average Bonchev–Trinajstić information content (AvgIpc) is 1.64. The molecule has 18 rings (SSSR count). The molecule has 10 aromatic carbocycles. The molecule has 0 bridgehead atoms. The van der Waals surface area contributed by atoms with Crippen molar-refractivity contribution in [2.75, 3.05) is 4.90 Å². The van der Waals surface area contributed by atoms with Crippen molar-refractivity contribution in [3.05, 3.63) is 282 Å². The van der Waals surface area contributed by atoms with E-state index >= 15 is 0 Å². The Kier molecular flexibility index (Phi) is 9.63. The maximum Gasteiger partial charge on any atom is 0.188 e. The van der Waals surface area contributed by atoms with Crippen LogP contribution in [0, 0.1) is 29.2 Å². The highest BCUT2D eigenvalue weighted by Gasteiger charge is 2.54. The van der Waals surface area contributed by atoms with Gasteiger partial charge in [-0.2, -0.15) is 10.5 Å². The molecule has 1 spiro atoms. The minimum atomic E-state index is -1.18. The molecule has 0 radical (unpaired) electrons. The second kappa shape index (κ2) is 17.4. The number of rotatable bonds is 4. The molecule has 0 amide bonds. The van der Waals surface area contributed by atoms with Gasteiger partial charge in [0.2, 0.25) is 0 Å². The van der Waals surface area contributed by atoms with Gasteiger partial charge in [-0.25, -0.2) is 4.85 Å². The molecular formula is C74H39N9OS. The molecule has 0 fully saturated rings. The van der Waals surface area contributed by atoms with Gasteiger partial charge in [0.25, 0.3) is 0 Å². The average molecular weight is 1100 g/mol. The van der Waals surface area contributed by atoms with E-state index < -0.39 is 5.41 Å². The molecule has 1 aliphatic carbocycles. The Morgan fingerprint density at radius 3 is 1.39 bits per heavy atom. The fourth-order valence-corrected chi connectivity index (χ4v) is 15.2. The van der Waals surface area contributed by atoms with Gasteiger partial charge in [-0.3, -0.25) is 9.97 Å². The summed E-state index contributed by atoms with van der Waals surface area (Å²) in [6.07, 6.45) is 3.93. The van der Waals surface area contributed by atoms with Gasteiger partial charge in [-0.05, 0) is 121 Å². The number of nitriles is 2. The van der Waals surface area contributed by atoms with Crippen molar-refractivity contribution in [2.24, 2.45) is 0 Å². The number of pyridine rings is 2. The van der Waals surface area contributed by atoms with Gasteiger partial charge in [0.1, 0.15) is 0 Å². The standard InChI is InChI=1S/C74H39N9OS/c1-77-45-30-33-62-53(36-45)50-16-3-6-20-59(50)81(62)47-38-57-71(79-42-47)70-56(37-46(41-78-70)80-58-19-5-2-14-48(58)51-34-43(39-75)28-31-61(51)80)74(57)54-17-12-24-66(82-60-21-7-4-15-49(60)52-35-44(40-76)29-32-63(52)82)72(54)84-73-55(74)18-13-25-67(73)83-64-22-8-10-26-68(64)85-69-27-11-9-23-65(69)83/h2-38,41-42H. The predicted octanol–water partition coefficient (Wildman–Crippen LogP) is 18.5. The van der Waals surface area contributed by atoms with Crippen LogP contribution < -0.4 is 9.64 Å². The highest BCUT2D eigenvalue weighted by atomic mass is 32.2. The Bertz CT molecular complexity index is 5420.